The molecule has 132 valence electrons. The highest BCUT2D eigenvalue weighted by Gasteiger charge is 2.20. The maximum Gasteiger partial charge on any atom is 0.191 e. The van der Waals surface area contributed by atoms with Gasteiger partial charge in [-0.1, -0.05) is 13.8 Å². The summed E-state index contributed by atoms with van der Waals surface area (Å²) >= 11 is 0. The van der Waals surface area contributed by atoms with E-state index in [9.17, 15) is 0 Å². The van der Waals surface area contributed by atoms with Gasteiger partial charge in [-0.3, -0.25) is 9.67 Å². The fourth-order valence-electron chi connectivity index (χ4n) is 2.81. The standard InChI is InChI=1S/C15H29N7.HI/c1-12(2)10-22-7-5-13(6-8-22)20-15(16-3)17-9-14-18-11-19-21(14)4;/h11-13H,5-10H2,1-4H3,(H2,16,17,20);1H. The lowest BCUT2D eigenvalue weighted by Crippen LogP contribution is -2.49. The molecule has 0 bridgehead atoms. The molecule has 1 aromatic heterocycles. The van der Waals surface area contributed by atoms with Crippen molar-refractivity contribution in [2.75, 3.05) is 26.7 Å². The van der Waals surface area contributed by atoms with Gasteiger partial charge in [0.25, 0.3) is 0 Å². The summed E-state index contributed by atoms with van der Waals surface area (Å²) in [6.45, 7) is 8.71. The predicted molar refractivity (Wildman–Crippen MR) is 104 cm³/mol. The van der Waals surface area contributed by atoms with E-state index in [1.807, 2.05) is 7.05 Å². The molecule has 1 aliphatic heterocycles. The second-order valence-electron chi connectivity index (χ2n) is 6.34. The van der Waals surface area contributed by atoms with E-state index in [-0.39, 0.29) is 24.0 Å². The number of aryl methyl sites for hydroxylation is 1. The van der Waals surface area contributed by atoms with Crippen molar-refractivity contribution in [1.82, 2.24) is 30.3 Å². The normalized spacial score (nSPS) is 17.2. The zero-order valence-corrected chi connectivity index (χ0v) is 16.9. The highest BCUT2D eigenvalue weighted by atomic mass is 127. The highest BCUT2D eigenvalue weighted by Crippen LogP contribution is 2.11. The summed E-state index contributed by atoms with van der Waals surface area (Å²) < 4.78 is 1.77. The van der Waals surface area contributed by atoms with Crippen LogP contribution in [0.15, 0.2) is 11.3 Å². The van der Waals surface area contributed by atoms with E-state index in [0.29, 0.717) is 12.6 Å². The van der Waals surface area contributed by atoms with E-state index < -0.39 is 0 Å². The molecule has 2 N–H and O–H groups in total. The van der Waals surface area contributed by atoms with Crippen LogP contribution in [0, 0.1) is 5.92 Å². The summed E-state index contributed by atoms with van der Waals surface area (Å²) in [4.78, 5) is 11.1. The second kappa shape index (κ2) is 10.1. The summed E-state index contributed by atoms with van der Waals surface area (Å²) in [6.07, 6.45) is 3.90. The summed E-state index contributed by atoms with van der Waals surface area (Å²) in [5, 5.41) is 10.9. The van der Waals surface area contributed by atoms with Gasteiger partial charge in [-0.15, -0.1) is 24.0 Å². The summed E-state index contributed by atoms with van der Waals surface area (Å²) in [5.41, 5.74) is 0. The third-order valence-corrected chi connectivity index (χ3v) is 3.99. The Morgan fingerprint density at radius 2 is 2.09 bits per heavy atom. The van der Waals surface area contributed by atoms with Crippen molar-refractivity contribution < 1.29 is 0 Å². The van der Waals surface area contributed by atoms with Gasteiger partial charge in [0.2, 0.25) is 0 Å². The lowest BCUT2D eigenvalue weighted by molar-refractivity contribution is 0.187. The van der Waals surface area contributed by atoms with Gasteiger partial charge in [-0.05, 0) is 18.8 Å². The number of halogens is 1. The number of aliphatic imine (C=N–C) groups is 1. The van der Waals surface area contributed by atoms with E-state index in [1.165, 1.54) is 6.54 Å². The fourth-order valence-corrected chi connectivity index (χ4v) is 2.81. The van der Waals surface area contributed by atoms with E-state index in [4.69, 9.17) is 0 Å². The Hall–Kier alpha value is -0.900. The monoisotopic (exact) mass is 435 g/mol. The van der Waals surface area contributed by atoms with Crippen LogP contribution in [0.1, 0.15) is 32.5 Å². The van der Waals surface area contributed by atoms with Gasteiger partial charge in [0.15, 0.2) is 5.96 Å². The van der Waals surface area contributed by atoms with Crippen LogP contribution in [-0.2, 0) is 13.6 Å². The minimum atomic E-state index is 0. The summed E-state index contributed by atoms with van der Waals surface area (Å²) in [6, 6.07) is 0.495. The van der Waals surface area contributed by atoms with E-state index >= 15 is 0 Å². The van der Waals surface area contributed by atoms with Crippen molar-refractivity contribution >= 4 is 29.9 Å². The SMILES string of the molecule is CN=C(NCc1ncnn1C)NC1CCN(CC(C)C)CC1.I. The Kier molecular flexibility index (Phi) is 8.82. The number of rotatable bonds is 5. The molecule has 0 amide bonds. The first-order valence-electron chi connectivity index (χ1n) is 8.11. The van der Waals surface area contributed by atoms with E-state index in [1.54, 1.807) is 18.1 Å². The third kappa shape index (κ3) is 6.62. The molecule has 0 atom stereocenters. The van der Waals surface area contributed by atoms with Crippen LogP contribution in [-0.4, -0.2) is 58.3 Å². The number of aromatic nitrogens is 3. The first-order valence-corrected chi connectivity index (χ1v) is 8.11. The van der Waals surface area contributed by atoms with Gasteiger partial charge in [-0.2, -0.15) is 5.10 Å². The van der Waals surface area contributed by atoms with Crippen LogP contribution in [0.25, 0.3) is 0 Å². The van der Waals surface area contributed by atoms with Crippen molar-refractivity contribution in [2.24, 2.45) is 18.0 Å². The predicted octanol–water partition coefficient (Wildman–Crippen LogP) is 1.22. The van der Waals surface area contributed by atoms with Crippen molar-refractivity contribution in [3.63, 3.8) is 0 Å². The lowest BCUT2D eigenvalue weighted by Gasteiger charge is -2.33. The zero-order chi connectivity index (χ0) is 15.9. The smallest absolute Gasteiger partial charge is 0.191 e. The number of nitrogens with one attached hydrogen (secondary N) is 2. The Balaban J connectivity index is 0.00000264. The van der Waals surface area contributed by atoms with Gasteiger partial charge < -0.3 is 15.5 Å². The number of hydrogen-bond acceptors (Lipinski definition) is 4. The molecule has 2 heterocycles. The molecule has 1 saturated heterocycles. The second-order valence-corrected chi connectivity index (χ2v) is 6.34. The topological polar surface area (TPSA) is 70.4 Å². The summed E-state index contributed by atoms with van der Waals surface area (Å²) in [5.74, 6) is 2.48. The molecule has 2 rings (SSSR count). The van der Waals surface area contributed by atoms with Gasteiger partial charge in [-0.25, -0.2) is 4.98 Å². The average Bonchev–Trinajstić information content (AvgIpc) is 2.90. The molecule has 1 fully saturated rings. The molecule has 23 heavy (non-hydrogen) atoms. The Morgan fingerprint density at radius 3 is 2.61 bits per heavy atom. The zero-order valence-electron chi connectivity index (χ0n) is 14.6. The van der Waals surface area contributed by atoms with Gasteiger partial charge in [0.05, 0.1) is 6.54 Å². The van der Waals surface area contributed by atoms with Crippen LogP contribution >= 0.6 is 24.0 Å². The molecule has 7 nitrogen and oxygen atoms in total. The molecule has 1 aromatic rings. The van der Waals surface area contributed by atoms with Crippen molar-refractivity contribution in [1.29, 1.82) is 0 Å². The first-order chi connectivity index (χ1) is 10.6. The molecule has 0 unspecified atom stereocenters. The number of piperidine rings is 1. The number of guanidine groups is 1. The van der Waals surface area contributed by atoms with Gasteiger partial charge in [0.1, 0.15) is 12.2 Å². The average molecular weight is 435 g/mol. The fraction of sp³-hybridized carbons (Fsp3) is 0.800. The van der Waals surface area contributed by atoms with Gasteiger partial charge >= 0.3 is 0 Å². The molecule has 0 spiro atoms. The molecular formula is C15H30IN7. The van der Waals surface area contributed by atoms with E-state index in [2.05, 4.69) is 44.5 Å². The van der Waals surface area contributed by atoms with Crippen LogP contribution in [0.4, 0.5) is 0 Å². The number of hydrogen-bond donors (Lipinski definition) is 2. The third-order valence-electron chi connectivity index (χ3n) is 3.99. The highest BCUT2D eigenvalue weighted by molar-refractivity contribution is 14.0. The van der Waals surface area contributed by atoms with Crippen molar-refractivity contribution in [3.05, 3.63) is 12.2 Å². The summed E-state index contributed by atoms with van der Waals surface area (Å²) in [7, 11) is 3.70. The molecule has 0 saturated carbocycles. The van der Waals surface area contributed by atoms with Crippen molar-refractivity contribution in [2.45, 2.75) is 39.3 Å². The largest absolute Gasteiger partial charge is 0.354 e. The minimum absolute atomic E-state index is 0. The maximum absolute atomic E-state index is 4.30. The van der Waals surface area contributed by atoms with Crippen LogP contribution in [0.2, 0.25) is 0 Å². The van der Waals surface area contributed by atoms with Crippen LogP contribution < -0.4 is 10.6 Å². The molecular weight excluding hydrogens is 405 g/mol. The molecule has 0 aromatic carbocycles. The Bertz CT molecular complexity index is 478. The van der Waals surface area contributed by atoms with Crippen molar-refractivity contribution in [3.8, 4) is 0 Å². The Labute approximate surface area is 156 Å². The lowest BCUT2D eigenvalue weighted by atomic mass is 10.0. The van der Waals surface area contributed by atoms with Crippen LogP contribution in [0.5, 0.6) is 0 Å². The number of likely N-dealkylation sites (tertiary alicyclic amines) is 1. The minimum Gasteiger partial charge on any atom is -0.354 e. The van der Waals surface area contributed by atoms with Crippen LogP contribution in [0.3, 0.4) is 0 Å². The molecule has 0 aliphatic carbocycles. The molecule has 8 heteroatoms. The molecule has 1 aliphatic rings. The molecule has 0 radical (unpaired) electrons. The number of nitrogens with zero attached hydrogens (tertiary/aromatic N) is 5. The Morgan fingerprint density at radius 1 is 1.39 bits per heavy atom. The first kappa shape index (κ1) is 20.1. The van der Waals surface area contributed by atoms with Gasteiger partial charge in [0, 0.05) is 39.8 Å². The van der Waals surface area contributed by atoms with E-state index in [0.717, 1.165) is 43.6 Å². The quantitative estimate of drug-likeness (QED) is 0.414. The maximum atomic E-state index is 4.30.